The van der Waals surface area contributed by atoms with Gasteiger partial charge in [0, 0.05) is 43.0 Å². The first-order valence-corrected chi connectivity index (χ1v) is 9.44. The maximum atomic E-state index is 12.9. The van der Waals surface area contributed by atoms with Gasteiger partial charge in [0.2, 0.25) is 11.8 Å². The lowest BCUT2D eigenvalue weighted by molar-refractivity contribution is -0.137. The molecule has 1 aliphatic heterocycles. The first-order chi connectivity index (χ1) is 12.6. The van der Waals surface area contributed by atoms with Crippen molar-refractivity contribution in [1.29, 1.82) is 0 Å². The lowest BCUT2D eigenvalue weighted by Gasteiger charge is -2.34. The number of halogens is 1. The Hall–Kier alpha value is -2.41. The average Bonchev–Trinajstić information content (AvgIpc) is 2.68. The van der Waals surface area contributed by atoms with E-state index in [9.17, 15) is 14.0 Å². The largest absolute Gasteiger partial charge is 0.339 e. The zero-order chi connectivity index (χ0) is 18.4. The topological polar surface area (TPSA) is 53.5 Å². The maximum Gasteiger partial charge on any atom is 0.233 e. The second-order valence-corrected chi connectivity index (χ2v) is 7.05. The van der Waals surface area contributed by atoms with Crippen LogP contribution in [0.2, 0.25) is 0 Å². The third kappa shape index (κ3) is 5.05. The van der Waals surface area contributed by atoms with E-state index >= 15 is 0 Å². The zero-order valence-electron chi connectivity index (χ0n) is 14.3. The lowest BCUT2D eigenvalue weighted by atomic mass is 10.2. The fourth-order valence-corrected chi connectivity index (χ4v) is 3.54. The first-order valence-electron chi connectivity index (χ1n) is 8.45. The molecule has 2 amide bonds. The summed E-state index contributed by atoms with van der Waals surface area (Å²) in [5.41, 5.74) is 0.756. The predicted octanol–water partition coefficient (Wildman–Crippen LogP) is 2.23. The number of aromatic nitrogens is 1. The highest BCUT2D eigenvalue weighted by molar-refractivity contribution is 8.00. The van der Waals surface area contributed by atoms with Crippen LogP contribution in [0, 0.1) is 5.82 Å². The molecule has 0 unspecified atom stereocenters. The third-order valence-electron chi connectivity index (χ3n) is 4.22. The van der Waals surface area contributed by atoms with Crippen molar-refractivity contribution in [3.63, 3.8) is 0 Å². The van der Waals surface area contributed by atoms with Crippen molar-refractivity contribution in [2.45, 2.75) is 11.3 Å². The summed E-state index contributed by atoms with van der Waals surface area (Å²) in [7, 11) is 0. The molecule has 3 rings (SSSR count). The number of nitrogens with zero attached hydrogens (tertiary/aromatic N) is 3. The van der Waals surface area contributed by atoms with Gasteiger partial charge in [-0.3, -0.25) is 14.6 Å². The van der Waals surface area contributed by atoms with Gasteiger partial charge < -0.3 is 9.80 Å². The van der Waals surface area contributed by atoms with Crippen molar-refractivity contribution in [3.8, 4) is 0 Å². The van der Waals surface area contributed by atoms with E-state index in [4.69, 9.17) is 0 Å². The molecule has 136 valence electrons. The van der Waals surface area contributed by atoms with Crippen molar-refractivity contribution < 1.29 is 14.0 Å². The van der Waals surface area contributed by atoms with E-state index in [0.717, 1.165) is 10.6 Å². The van der Waals surface area contributed by atoms with Gasteiger partial charge in [-0.25, -0.2) is 4.39 Å². The third-order valence-corrected chi connectivity index (χ3v) is 5.22. The molecule has 2 heterocycles. The molecule has 1 aromatic carbocycles. The highest BCUT2D eigenvalue weighted by Crippen LogP contribution is 2.19. The molecule has 1 aromatic heterocycles. The Morgan fingerprint density at radius 3 is 2.23 bits per heavy atom. The molecule has 0 aliphatic carbocycles. The summed E-state index contributed by atoms with van der Waals surface area (Å²) < 4.78 is 12.9. The number of amides is 2. The monoisotopic (exact) mass is 373 g/mol. The molecule has 0 spiro atoms. The second kappa shape index (κ2) is 8.80. The molecular formula is C19H20FN3O2S. The standard InChI is InChI=1S/C19H20FN3O2S/c20-15-4-6-17(7-5-15)26-14-19(25)23-11-9-22(10-12-23)18(24)13-16-3-1-2-8-21-16/h1-8H,9-14H2. The minimum atomic E-state index is -0.285. The molecule has 7 heteroatoms. The Bertz CT molecular complexity index is 747. The molecule has 2 aromatic rings. The number of carbonyl (C=O) groups is 2. The van der Waals surface area contributed by atoms with Crippen LogP contribution in [0.3, 0.4) is 0 Å². The Balaban J connectivity index is 1.43. The minimum absolute atomic E-state index is 0.0381. The molecule has 0 radical (unpaired) electrons. The van der Waals surface area contributed by atoms with E-state index < -0.39 is 0 Å². The lowest BCUT2D eigenvalue weighted by Crippen LogP contribution is -2.51. The van der Waals surface area contributed by atoms with Crippen LogP contribution in [0.1, 0.15) is 5.69 Å². The summed E-state index contributed by atoms with van der Waals surface area (Å²) in [6.45, 7) is 2.16. The van der Waals surface area contributed by atoms with E-state index in [0.29, 0.717) is 31.9 Å². The number of hydrogen-bond donors (Lipinski definition) is 0. The second-order valence-electron chi connectivity index (χ2n) is 6.00. The van der Waals surface area contributed by atoms with Crippen molar-refractivity contribution in [1.82, 2.24) is 14.8 Å². The summed E-state index contributed by atoms with van der Waals surface area (Å²) in [6.07, 6.45) is 1.97. The van der Waals surface area contributed by atoms with Crippen LogP contribution < -0.4 is 0 Å². The van der Waals surface area contributed by atoms with Crippen LogP contribution in [-0.4, -0.2) is 58.5 Å². The minimum Gasteiger partial charge on any atom is -0.339 e. The molecule has 1 aliphatic rings. The molecule has 5 nitrogen and oxygen atoms in total. The van der Waals surface area contributed by atoms with Gasteiger partial charge in [0.25, 0.3) is 0 Å². The Labute approximate surface area is 156 Å². The predicted molar refractivity (Wildman–Crippen MR) is 98.2 cm³/mol. The summed E-state index contributed by atoms with van der Waals surface area (Å²) in [6, 6.07) is 11.6. The maximum absolute atomic E-state index is 12.9. The molecule has 1 fully saturated rings. The molecule has 0 N–H and O–H groups in total. The summed E-state index contributed by atoms with van der Waals surface area (Å²) in [4.78, 5) is 33.3. The van der Waals surface area contributed by atoms with Gasteiger partial charge in [-0.05, 0) is 36.4 Å². The molecule has 0 bridgehead atoms. The van der Waals surface area contributed by atoms with Gasteiger partial charge in [0.15, 0.2) is 0 Å². The number of pyridine rings is 1. The van der Waals surface area contributed by atoms with Crippen LogP contribution in [0.15, 0.2) is 53.6 Å². The van der Waals surface area contributed by atoms with Gasteiger partial charge in [-0.2, -0.15) is 0 Å². The number of carbonyl (C=O) groups excluding carboxylic acids is 2. The highest BCUT2D eigenvalue weighted by atomic mass is 32.2. The molecule has 0 atom stereocenters. The van der Waals surface area contributed by atoms with Crippen molar-refractivity contribution >= 4 is 23.6 Å². The van der Waals surface area contributed by atoms with Gasteiger partial charge >= 0.3 is 0 Å². The molecule has 26 heavy (non-hydrogen) atoms. The number of piperazine rings is 1. The van der Waals surface area contributed by atoms with Crippen LogP contribution in [0.25, 0.3) is 0 Å². The first kappa shape index (κ1) is 18.4. The number of hydrogen-bond acceptors (Lipinski definition) is 4. The van der Waals surface area contributed by atoms with Crippen molar-refractivity contribution in [2.24, 2.45) is 0 Å². The smallest absolute Gasteiger partial charge is 0.233 e. The van der Waals surface area contributed by atoms with Crippen LogP contribution in [-0.2, 0) is 16.0 Å². The Morgan fingerprint density at radius 2 is 1.62 bits per heavy atom. The molecular weight excluding hydrogens is 353 g/mol. The fraction of sp³-hybridized carbons (Fsp3) is 0.316. The summed E-state index contributed by atoms with van der Waals surface area (Å²) in [5.74, 6) is 0.104. The van der Waals surface area contributed by atoms with Gasteiger partial charge in [-0.1, -0.05) is 6.07 Å². The fourth-order valence-electron chi connectivity index (χ4n) is 2.74. The normalized spacial score (nSPS) is 14.3. The van der Waals surface area contributed by atoms with Crippen LogP contribution >= 0.6 is 11.8 Å². The van der Waals surface area contributed by atoms with E-state index in [1.807, 2.05) is 18.2 Å². The zero-order valence-corrected chi connectivity index (χ0v) is 15.1. The number of benzene rings is 1. The van der Waals surface area contributed by atoms with Crippen molar-refractivity contribution in [3.05, 3.63) is 60.2 Å². The quantitative estimate of drug-likeness (QED) is 0.755. The van der Waals surface area contributed by atoms with Gasteiger partial charge in [-0.15, -0.1) is 11.8 Å². The van der Waals surface area contributed by atoms with Crippen LogP contribution in [0.5, 0.6) is 0 Å². The SMILES string of the molecule is O=C(CSc1ccc(F)cc1)N1CCN(C(=O)Cc2ccccn2)CC1. The van der Waals surface area contributed by atoms with E-state index in [-0.39, 0.29) is 24.1 Å². The highest BCUT2D eigenvalue weighted by Gasteiger charge is 2.24. The molecule has 0 saturated carbocycles. The van der Waals surface area contributed by atoms with E-state index in [2.05, 4.69) is 4.98 Å². The summed E-state index contributed by atoms with van der Waals surface area (Å²) in [5, 5.41) is 0. The summed E-state index contributed by atoms with van der Waals surface area (Å²) >= 11 is 1.39. The number of rotatable bonds is 5. The Morgan fingerprint density at radius 1 is 0.962 bits per heavy atom. The average molecular weight is 373 g/mol. The number of thioether (sulfide) groups is 1. The Kier molecular flexibility index (Phi) is 6.22. The van der Waals surface area contributed by atoms with E-state index in [1.165, 1.54) is 23.9 Å². The van der Waals surface area contributed by atoms with Crippen molar-refractivity contribution in [2.75, 3.05) is 31.9 Å². The van der Waals surface area contributed by atoms with Gasteiger partial charge in [0.1, 0.15) is 5.82 Å². The molecule has 1 saturated heterocycles. The van der Waals surface area contributed by atoms with Crippen LogP contribution in [0.4, 0.5) is 4.39 Å². The van der Waals surface area contributed by atoms with E-state index in [1.54, 1.807) is 28.1 Å². The van der Waals surface area contributed by atoms with Gasteiger partial charge in [0.05, 0.1) is 12.2 Å².